The van der Waals surface area contributed by atoms with Crippen LogP contribution in [-0.2, 0) is 9.59 Å². The molecule has 1 heterocycles. The molecule has 0 radical (unpaired) electrons. The van der Waals surface area contributed by atoms with E-state index in [4.69, 9.17) is 23.2 Å². The molecule has 0 aromatic heterocycles. The summed E-state index contributed by atoms with van der Waals surface area (Å²) >= 11 is 22.9. The predicted octanol–water partition coefficient (Wildman–Crippen LogP) is 5.77. The van der Waals surface area contributed by atoms with E-state index in [1.165, 1.54) is 18.2 Å². The maximum atomic E-state index is 13.7. The van der Waals surface area contributed by atoms with Crippen molar-refractivity contribution >= 4 is 94.5 Å². The number of Topliss-reactive ketones (excluding diaryl/α,β-unsaturated/α-hetero) is 1. The fourth-order valence-corrected chi connectivity index (χ4v) is 8.10. The smallest absolute Gasteiger partial charge is 0.274 e. The molecule has 1 aliphatic heterocycles. The Hall–Kier alpha value is -1.26. The third-order valence-electron chi connectivity index (χ3n) is 7.06. The van der Waals surface area contributed by atoms with Gasteiger partial charge in [-0.15, -0.1) is 0 Å². The Kier molecular flexibility index (Phi) is 6.94. The van der Waals surface area contributed by atoms with E-state index in [1.54, 1.807) is 24.3 Å². The number of halogens is 5. The Morgan fingerprint density at radius 2 is 1.51 bits per heavy atom. The zero-order valence-corrected chi connectivity index (χ0v) is 24.1. The molecule has 6 atom stereocenters. The summed E-state index contributed by atoms with van der Waals surface area (Å²) < 4.78 is 0.789. The van der Waals surface area contributed by atoms with Crippen LogP contribution in [0, 0.1) is 23.7 Å². The normalized spacial score (nSPS) is 29.0. The fourth-order valence-electron chi connectivity index (χ4n) is 5.47. The minimum absolute atomic E-state index is 0.0333. The molecule has 2 aromatic rings. The number of rotatable bonds is 5. The zero-order chi connectivity index (χ0) is 25.2. The molecule has 182 valence electrons. The molecule has 35 heavy (non-hydrogen) atoms. The monoisotopic (exact) mass is 704 g/mol. The number of amides is 3. The highest BCUT2D eigenvalue weighted by atomic mass is 79.9. The van der Waals surface area contributed by atoms with Gasteiger partial charge in [-0.25, -0.2) is 5.01 Å². The number of carbonyl (C=O) groups is 4. The van der Waals surface area contributed by atoms with Crippen LogP contribution in [0.1, 0.15) is 27.1 Å². The van der Waals surface area contributed by atoms with Crippen molar-refractivity contribution in [2.75, 3.05) is 6.54 Å². The lowest BCUT2D eigenvalue weighted by molar-refractivity contribution is -0.154. The first kappa shape index (κ1) is 25.4. The van der Waals surface area contributed by atoms with Crippen molar-refractivity contribution < 1.29 is 19.2 Å². The molecule has 0 spiro atoms. The maximum Gasteiger partial charge on any atom is 0.274 e. The average Bonchev–Trinajstić information content (AvgIpc) is 3.42. The number of fused-ring (bicyclic) bond motifs is 5. The number of nitrogens with zero attached hydrogens (tertiary/aromatic N) is 2. The number of carbonyl (C=O) groups excluding carboxylic acids is 4. The number of benzene rings is 2. The molecule has 3 aliphatic rings. The molecule has 2 aliphatic carbocycles. The highest BCUT2D eigenvalue weighted by molar-refractivity contribution is 9.12. The van der Waals surface area contributed by atoms with E-state index >= 15 is 0 Å². The molecule has 6 nitrogen and oxygen atoms in total. The Morgan fingerprint density at radius 3 is 2.06 bits per heavy atom. The quantitative estimate of drug-likeness (QED) is 0.225. The molecule has 5 rings (SSSR count). The summed E-state index contributed by atoms with van der Waals surface area (Å²) in [5.41, 5.74) is 0.380. The summed E-state index contributed by atoms with van der Waals surface area (Å²) in [5, 5.41) is 2.21. The van der Waals surface area contributed by atoms with Crippen molar-refractivity contribution in [3.63, 3.8) is 0 Å². The highest BCUT2D eigenvalue weighted by Gasteiger charge is 2.67. The van der Waals surface area contributed by atoms with Gasteiger partial charge < -0.3 is 0 Å². The lowest BCUT2D eigenvalue weighted by Gasteiger charge is -2.31. The van der Waals surface area contributed by atoms with Crippen molar-refractivity contribution in [2.24, 2.45) is 23.7 Å². The fraction of sp³-hybridized carbons (Fsp3) is 0.333. The Balaban J connectivity index is 1.53. The topological polar surface area (TPSA) is 74.8 Å². The van der Waals surface area contributed by atoms with Crippen LogP contribution in [-0.4, -0.2) is 49.7 Å². The van der Waals surface area contributed by atoms with Gasteiger partial charge in [-0.2, -0.15) is 5.01 Å². The first-order valence-corrected chi connectivity index (χ1v) is 14.2. The number of hydrogen-bond donors (Lipinski definition) is 0. The van der Waals surface area contributed by atoms with E-state index in [9.17, 15) is 19.2 Å². The zero-order valence-electron chi connectivity index (χ0n) is 17.8. The standard InChI is InChI=1S/C24H17Br3Cl2N2O4/c25-11-3-1-10(2-4-11)17(32)9-30(22(33)13-6-5-12(28)7-16(13)29)31-23(34)18-14-8-15(19(18)24(31)35)21(27)20(14)26/h1-7,14-15,18-21H,8-9H2/t14-,15-,18-,19+,20+,21+/m1/s1. The number of imide groups is 1. The second-order valence-corrected chi connectivity index (χ2v) is 12.8. The number of ketones is 1. The third-order valence-corrected chi connectivity index (χ3v) is 11.3. The van der Waals surface area contributed by atoms with E-state index in [0.717, 1.165) is 20.9 Å². The number of hydrogen-bond acceptors (Lipinski definition) is 4. The number of alkyl halides is 2. The lowest BCUT2D eigenvalue weighted by atomic mass is 9.81. The molecule has 11 heteroatoms. The van der Waals surface area contributed by atoms with Crippen LogP contribution in [0.2, 0.25) is 10.0 Å². The minimum atomic E-state index is -0.725. The largest absolute Gasteiger partial charge is 0.292 e. The van der Waals surface area contributed by atoms with Crippen molar-refractivity contribution in [3.05, 3.63) is 68.1 Å². The molecular formula is C24H17Br3Cl2N2O4. The lowest BCUT2D eigenvalue weighted by Crippen LogP contribution is -2.52. The molecule has 3 amide bonds. The highest BCUT2D eigenvalue weighted by Crippen LogP contribution is 2.60. The summed E-state index contributed by atoms with van der Waals surface area (Å²) in [6, 6.07) is 10.9. The van der Waals surface area contributed by atoms with Gasteiger partial charge in [0.15, 0.2) is 5.78 Å². The maximum absolute atomic E-state index is 13.7. The second kappa shape index (κ2) is 9.56. The van der Waals surface area contributed by atoms with Crippen LogP contribution in [0.25, 0.3) is 0 Å². The summed E-state index contributed by atoms with van der Waals surface area (Å²) in [5.74, 6) is -3.21. The van der Waals surface area contributed by atoms with E-state index in [-0.39, 0.29) is 32.1 Å². The van der Waals surface area contributed by atoms with E-state index in [1.807, 2.05) is 0 Å². The molecule has 2 bridgehead atoms. The van der Waals surface area contributed by atoms with Crippen molar-refractivity contribution in [2.45, 2.75) is 16.1 Å². The SMILES string of the molecule is O=C(CN(C(=O)c1ccc(Cl)cc1Cl)N1C(=O)[C@@H]2[C@H]3C[C@@H]([C@H](Br)[C@H]3Br)[C@@H]2C1=O)c1ccc(Br)cc1. The molecule has 0 N–H and O–H groups in total. The van der Waals surface area contributed by atoms with Crippen LogP contribution in [0.15, 0.2) is 46.9 Å². The molecule has 3 fully saturated rings. The van der Waals surface area contributed by atoms with Gasteiger partial charge in [-0.3, -0.25) is 19.2 Å². The minimum Gasteiger partial charge on any atom is -0.292 e. The van der Waals surface area contributed by atoms with Crippen LogP contribution >= 0.6 is 71.0 Å². The van der Waals surface area contributed by atoms with Crippen LogP contribution in [0.4, 0.5) is 0 Å². The van der Waals surface area contributed by atoms with Crippen molar-refractivity contribution in [3.8, 4) is 0 Å². The summed E-state index contributed by atoms with van der Waals surface area (Å²) in [6.45, 7) is -0.499. The summed E-state index contributed by atoms with van der Waals surface area (Å²) in [7, 11) is 0. The Labute approximate surface area is 236 Å². The van der Waals surface area contributed by atoms with Gasteiger partial charge in [-0.05, 0) is 48.6 Å². The van der Waals surface area contributed by atoms with Crippen LogP contribution in [0.5, 0.6) is 0 Å². The van der Waals surface area contributed by atoms with E-state index < -0.39 is 41.9 Å². The van der Waals surface area contributed by atoms with Gasteiger partial charge in [-0.1, -0.05) is 83.1 Å². The van der Waals surface area contributed by atoms with Gasteiger partial charge >= 0.3 is 0 Å². The van der Waals surface area contributed by atoms with E-state index in [0.29, 0.717) is 10.6 Å². The van der Waals surface area contributed by atoms with Crippen LogP contribution in [0.3, 0.4) is 0 Å². The second-order valence-electron chi connectivity index (χ2n) is 8.91. The van der Waals surface area contributed by atoms with Crippen molar-refractivity contribution in [1.82, 2.24) is 10.0 Å². The third kappa shape index (κ3) is 4.21. The van der Waals surface area contributed by atoms with Gasteiger partial charge in [0.2, 0.25) is 0 Å². The summed E-state index contributed by atoms with van der Waals surface area (Å²) in [4.78, 5) is 54.2. The van der Waals surface area contributed by atoms with Gasteiger partial charge in [0.05, 0.1) is 22.4 Å². The Bertz CT molecular complexity index is 1230. The van der Waals surface area contributed by atoms with E-state index in [2.05, 4.69) is 47.8 Å². The summed E-state index contributed by atoms with van der Waals surface area (Å²) in [6.07, 6.45) is 0.751. The van der Waals surface area contributed by atoms with Gasteiger partial charge in [0.25, 0.3) is 17.7 Å². The van der Waals surface area contributed by atoms with Crippen molar-refractivity contribution in [1.29, 1.82) is 0 Å². The molecule has 1 saturated heterocycles. The van der Waals surface area contributed by atoms with Gasteiger partial charge in [0, 0.05) is 24.7 Å². The predicted molar refractivity (Wildman–Crippen MR) is 142 cm³/mol. The molecular weight excluding hydrogens is 691 g/mol. The first-order chi connectivity index (χ1) is 16.6. The first-order valence-electron chi connectivity index (χ1n) is 10.8. The molecule has 2 aromatic carbocycles. The van der Waals surface area contributed by atoms with Gasteiger partial charge in [0.1, 0.15) is 6.54 Å². The molecule has 2 saturated carbocycles. The average molecular weight is 708 g/mol. The molecule has 0 unspecified atom stereocenters. The van der Waals surface area contributed by atoms with Crippen LogP contribution < -0.4 is 0 Å². The number of hydrazine groups is 1. The Morgan fingerprint density at radius 1 is 0.943 bits per heavy atom.